The summed E-state index contributed by atoms with van der Waals surface area (Å²) < 4.78 is 18.8. The normalized spacial score (nSPS) is 17.2. The fourth-order valence-corrected chi connectivity index (χ4v) is 3.10. The minimum absolute atomic E-state index is 0.00808. The first kappa shape index (κ1) is 15.5. The van der Waals surface area contributed by atoms with Crippen LogP contribution in [0.1, 0.15) is 30.3 Å². The van der Waals surface area contributed by atoms with E-state index in [1.54, 1.807) is 17.0 Å². The van der Waals surface area contributed by atoms with E-state index in [-0.39, 0.29) is 17.8 Å². The molecule has 5 nitrogen and oxygen atoms in total. The van der Waals surface area contributed by atoms with Crippen LogP contribution in [0.25, 0.3) is 11.4 Å². The molecule has 2 heterocycles. The molecule has 0 radical (unpaired) electrons. The van der Waals surface area contributed by atoms with E-state index < -0.39 is 0 Å². The molecule has 1 atom stereocenters. The van der Waals surface area contributed by atoms with Crippen molar-refractivity contribution in [3.8, 4) is 11.4 Å². The number of benzene rings is 2. The highest BCUT2D eigenvalue weighted by molar-refractivity contribution is 5.78. The lowest BCUT2D eigenvalue weighted by Gasteiger charge is -2.22. The molecule has 0 spiro atoms. The van der Waals surface area contributed by atoms with Crippen LogP contribution in [0.2, 0.25) is 0 Å². The van der Waals surface area contributed by atoms with Crippen molar-refractivity contribution < 1.29 is 13.7 Å². The first-order valence-corrected chi connectivity index (χ1v) is 8.13. The Balaban J connectivity index is 1.59. The molecule has 1 saturated heterocycles. The van der Waals surface area contributed by atoms with E-state index in [1.807, 2.05) is 30.3 Å². The number of carbonyl (C=O) groups excluding carboxylic acids is 1. The Kier molecular flexibility index (Phi) is 4.01. The van der Waals surface area contributed by atoms with Crippen molar-refractivity contribution >= 4 is 5.91 Å². The number of rotatable bonds is 4. The SMILES string of the molecule is O=C1CCC(c2nc(-c3ccccc3)no2)N1Cc1cccc(F)c1. The van der Waals surface area contributed by atoms with E-state index in [0.717, 1.165) is 11.1 Å². The molecule has 0 saturated carbocycles. The van der Waals surface area contributed by atoms with Gasteiger partial charge in [0.2, 0.25) is 17.6 Å². The smallest absolute Gasteiger partial charge is 0.249 e. The zero-order valence-corrected chi connectivity index (χ0v) is 13.4. The summed E-state index contributed by atoms with van der Waals surface area (Å²) >= 11 is 0. The molecule has 0 aliphatic carbocycles. The molecule has 4 rings (SSSR count). The van der Waals surface area contributed by atoms with E-state index in [0.29, 0.717) is 31.1 Å². The second kappa shape index (κ2) is 6.47. The van der Waals surface area contributed by atoms with Crippen LogP contribution in [-0.2, 0) is 11.3 Å². The van der Waals surface area contributed by atoms with Crippen molar-refractivity contribution in [1.29, 1.82) is 0 Å². The van der Waals surface area contributed by atoms with Gasteiger partial charge in [0, 0.05) is 18.5 Å². The van der Waals surface area contributed by atoms with Gasteiger partial charge in [0.05, 0.1) is 0 Å². The quantitative estimate of drug-likeness (QED) is 0.728. The van der Waals surface area contributed by atoms with Crippen LogP contribution in [0.4, 0.5) is 4.39 Å². The Labute approximate surface area is 144 Å². The zero-order valence-electron chi connectivity index (χ0n) is 13.4. The Hall–Kier alpha value is -3.02. The molecule has 1 aromatic heterocycles. The molecule has 6 heteroatoms. The number of nitrogens with zero attached hydrogens (tertiary/aromatic N) is 3. The van der Waals surface area contributed by atoms with Crippen LogP contribution in [0.3, 0.4) is 0 Å². The van der Waals surface area contributed by atoms with Gasteiger partial charge in [-0.2, -0.15) is 4.98 Å². The lowest BCUT2D eigenvalue weighted by Crippen LogP contribution is -2.27. The monoisotopic (exact) mass is 337 g/mol. The second-order valence-electron chi connectivity index (χ2n) is 6.03. The van der Waals surface area contributed by atoms with Gasteiger partial charge in [-0.3, -0.25) is 4.79 Å². The lowest BCUT2D eigenvalue weighted by atomic mass is 10.1. The summed E-state index contributed by atoms with van der Waals surface area (Å²) in [7, 11) is 0. The van der Waals surface area contributed by atoms with Gasteiger partial charge in [-0.1, -0.05) is 47.6 Å². The third-order valence-corrected chi connectivity index (χ3v) is 4.33. The molecule has 0 N–H and O–H groups in total. The van der Waals surface area contributed by atoms with Gasteiger partial charge in [0.15, 0.2) is 0 Å². The molecule has 1 fully saturated rings. The van der Waals surface area contributed by atoms with E-state index in [2.05, 4.69) is 10.1 Å². The number of amides is 1. The molecule has 2 aromatic carbocycles. The average Bonchev–Trinajstić information content (AvgIpc) is 3.24. The maximum absolute atomic E-state index is 13.4. The number of likely N-dealkylation sites (tertiary alicyclic amines) is 1. The zero-order chi connectivity index (χ0) is 17.2. The van der Waals surface area contributed by atoms with Crippen molar-refractivity contribution in [2.75, 3.05) is 0 Å². The molecule has 3 aromatic rings. The van der Waals surface area contributed by atoms with Gasteiger partial charge in [-0.25, -0.2) is 4.39 Å². The largest absolute Gasteiger partial charge is 0.337 e. The first-order chi connectivity index (χ1) is 12.2. The van der Waals surface area contributed by atoms with E-state index in [9.17, 15) is 9.18 Å². The molecular weight excluding hydrogens is 321 g/mol. The van der Waals surface area contributed by atoms with Crippen molar-refractivity contribution in [2.24, 2.45) is 0 Å². The van der Waals surface area contributed by atoms with Crippen molar-refractivity contribution in [1.82, 2.24) is 15.0 Å². The fourth-order valence-electron chi connectivity index (χ4n) is 3.10. The maximum Gasteiger partial charge on any atom is 0.249 e. The second-order valence-corrected chi connectivity index (χ2v) is 6.03. The Morgan fingerprint density at radius 1 is 1.16 bits per heavy atom. The summed E-state index contributed by atoms with van der Waals surface area (Å²) in [4.78, 5) is 18.4. The summed E-state index contributed by atoms with van der Waals surface area (Å²) in [5.41, 5.74) is 1.60. The molecule has 1 amide bonds. The molecule has 1 unspecified atom stereocenters. The molecule has 1 aliphatic rings. The topological polar surface area (TPSA) is 59.2 Å². The standard InChI is InChI=1S/C19H16FN3O2/c20-15-8-4-5-13(11-15)12-23-16(9-10-17(23)24)19-21-18(22-25-19)14-6-2-1-3-7-14/h1-8,11,16H,9-10,12H2. The third-order valence-electron chi connectivity index (χ3n) is 4.33. The van der Waals surface area contributed by atoms with E-state index >= 15 is 0 Å². The summed E-state index contributed by atoms with van der Waals surface area (Å²) in [5, 5.41) is 4.03. The van der Waals surface area contributed by atoms with Crippen LogP contribution < -0.4 is 0 Å². The highest BCUT2D eigenvalue weighted by Gasteiger charge is 2.36. The third kappa shape index (κ3) is 3.15. The van der Waals surface area contributed by atoms with Gasteiger partial charge in [0.1, 0.15) is 11.9 Å². The lowest BCUT2D eigenvalue weighted by molar-refractivity contribution is -0.130. The molecular formula is C19H16FN3O2. The number of carbonyl (C=O) groups is 1. The van der Waals surface area contributed by atoms with Crippen LogP contribution in [0.15, 0.2) is 59.1 Å². The summed E-state index contributed by atoms with van der Waals surface area (Å²) in [6, 6.07) is 15.5. The summed E-state index contributed by atoms with van der Waals surface area (Å²) in [6.45, 7) is 0.324. The molecule has 1 aliphatic heterocycles. The minimum atomic E-state index is -0.315. The highest BCUT2D eigenvalue weighted by atomic mass is 19.1. The van der Waals surface area contributed by atoms with Crippen LogP contribution >= 0.6 is 0 Å². The highest BCUT2D eigenvalue weighted by Crippen LogP contribution is 2.34. The van der Waals surface area contributed by atoms with Crippen molar-refractivity contribution in [3.63, 3.8) is 0 Å². The Bertz CT molecular complexity index is 894. The number of halogens is 1. The van der Waals surface area contributed by atoms with Crippen molar-refractivity contribution in [3.05, 3.63) is 71.9 Å². The molecule has 126 valence electrons. The van der Waals surface area contributed by atoms with E-state index in [4.69, 9.17) is 4.52 Å². The number of hydrogen-bond donors (Lipinski definition) is 0. The Morgan fingerprint density at radius 3 is 2.80 bits per heavy atom. The first-order valence-electron chi connectivity index (χ1n) is 8.13. The number of aromatic nitrogens is 2. The Morgan fingerprint density at radius 2 is 2.00 bits per heavy atom. The summed E-state index contributed by atoms with van der Waals surface area (Å²) in [5.74, 6) is 0.611. The van der Waals surface area contributed by atoms with Gasteiger partial charge in [-0.05, 0) is 24.1 Å². The number of hydrogen-bond acceptors (Lipinski definition) is 4. The van der Waals surface area contributed by atoms with Crippen LogP contribution in [0, 0.1) is 5.82 Å². The average molecular weight is 337 g/mol. The van der Waals surface area contributed by atoms with Gasteiger partial charge in [0.25, 0.3) is 0 Å². The van der Waals surface area contributed by atoms with Crippen LogP contribution in [-0.4, -0.2) is 20.9 Å². The molecule has 25 heavy (non-hydrogen) atoms. The van der Waals surface area contributed by atoms with Gasteiger partial charge < -0.3 is 9.42 Å². The maximum atomic E-state index is 13.4. The summed E-state index contributed by atoms with van der Waals surface area (Å²) in [6.07, 6.45) is 1.04. The van der Waals surface area contributed by atoms with E-state index in [1.165, 1.54) is 12.1 Å². The van der Waals surface area contributed by atoms with Crippen LogP contribution in [0.5, 0.6) is 0 Å². The minimum Gasteiger partial charge on any atom is -0.337 e. The van der Waals surface area contributed by atoms with Gasteiger partial charge in [-0.15, -0.1) is 0 Å². The fraction of sp³-hybridized carbons (Fsp3) is 0.211. The predicted molar refractivity (Wildman–Crippen MR) is 88.7 cm³/mol. The van der Waals surface area contributed by atoms with Gasteiger partial charge >= 0.3 is 0 Å². The van der Waals surface area contributed by atoms with Crippen molar-refractivity contribution in [2.45, 2.75) is 25.4 Å². The predicted octanol–water partition coefficient (Wildman–Crippen LogP) is 3.74. The molecule has 0 bridgehead atoms.